The Bertz CT molecular complexity index is 1220. The second-order valence-electron chi connectivity index (χ2n) is 8.71. The van der Waals surface area contributed by atoms with Crippen LogP contribution in [0.4, 0.5) is 5.69 Å². The van der Waals surface area contributed by atoms with Gasteiger partial charge >= 0.3 is 0 Å². The summed E-state index contributed by atoms with van der Waals surface area (Å²) in [4.78, 5) is 23.3. The van der Waals surface area contributed by atoms with E-state index in [-0.39, 0.29) is 11.9 Å². The summed E-state index contributed by atoms with van der Waals surface area (Å²) in [5, 5.41) is 8.00. The van der Waals surface area contributed by atoms with Gasteiger partial charge in [-0.15, -0.1) is 0 Å². The molecule has 2 aliphatic heterocycles. The number of anilines is 1. The van der Waals surface area contributed by atoms with Crippen molar-refractivity contribution >= 4 is 40.4 Å². The van der Waals surface area contributed by atoms with Gasteiger partial charge in [0.25, 0.3) is 5.91 Å². The summed E-state index contributed by atoms with van der Waals surface area (Å²) < 4.78 is 5.50. The number of hydrogen-bond acceptors (Lipinski definition) is 5. The minimum Gasteiger partial charge on any atom is -0.378 e. The molecular weight excluding hydrogens is 450 g/mol. The van der Waals surface area contributed by atoms with Crippen LogP contribution >= 0.6 is 11.6 Å². The lowest BCUT2D eigenvalue weighted by Crippen LogP contribution is -2.36. The van der Waals surface area contributed by atoms with E-state index in [4.69, 9.17) is 16.3 Å². The fourth-order valence-electron chi connectivity index (χ4n) is 4.87. The minimum absolute atomic E-state index is 0.0868. The third kappa shape index (κ3) is 4.63. The number of carbonyl (C=O) groups excluding carboxylic acids is 1. The molecule has 3 aromatic rings. The predicted octanol–water partition coefficient (Wildman–Crippen LogP) is 3.87. The average Bonchev–Trinajstić information content (AvgIpc) is 3.52. The normalized spacial score (nSPS) is 17.8. The zero-order valence-electron chi connectivity index (χ0n) is 19.4. The van der Waals surface area contributed by atoms with Crippen molar-refractivity contribution < 1.29 is 9.53 Å². The highest BCUT2D eigenvalue weighted by molar-refractivity contribution is 6.31. The summed E-state index contributed by atoms with van der Waals surface area (Å²) in [5.74, 6) is -0.0868. The number of hydrogen-bond donors (Lipinski definition) is 3. The van der Waals surface area contributed by atoms with E-state index in [0.29, 0.717) is 17.3 Å². The average molecular weight is 480 g/mol. The molecule has 1 fully saturated rings. The second kappa shape index (κ2) is 10.1. The molecule has 3 heterocycles. The number of halogens is 1. The summed E-state index contributed by atoms with van der Waals surface area (Å²) in [6.07, 6.45) is 3.28. The Kier molecular flexibility index (Phi) is 6.74. The number of fused-ring (bicyclic) bond motifs is 1. The Morgan fingerprint density at radius 3 is 2.85 bits per heavy atom. The van der Waals surface area contributed by atoms with Gasteiger partial charge in [-0.3, -0.25) is 9.79 Å². The summed E-state index contributed by atoms with van der Waals surface area (Å²) in [6, 6.07) is 12.4. The van der Waals surface area contributed by atoms with Crippen LogP contribution in [0.15, 0.2) is 41.4 Å². The molecule has 1 atom stereocenters. The van der Waals surface area contributed by atoms with Crippen molar-refractivity contribution in [2.75, 3.05) is 44.3 Å². The molecule has 178 valence electrons. The lowest BCUT2D eigenvalue weighted by atomic mass is 9.97. The van der Waals surface area contributed by atoms with Crippen LogP contribution in [0, 0.1) is 0 Å². The van der Waals surface area contributed by atoms with Gasteiger partial charge in [-0.05, 0) is 59.9 Å². The monoisotopic (exact) mass is 479 g/mol. The third-order valence-corrected chi connectivity index (χ3v) is 6.89. The molecule has 0 bridgehead atoms. The van der Waals surface area contributed by atoms with Crippen molar-refractivity contribution in [2.45, 2.75) is 25.8 Å². The van der Waals surface area contributed by atoms with Crippen LogP contribution in [0.3, 0.4) is 0 Å². The van der Waals surface area contributed by atoms with Gasteiger partial charge in [0.2, 0.25) is 0 Å². The van der Waals surface area contributed by atoms with E-state index < -0.39 is 0 Å². The number of amides is 1. The minimum atomic E-state index is -0.0868. The molecule has 1 saturated heterocycles. The molecule has 8 heteroatoms. The summed E-state index contributed by atoms with van der Waals surface area (Å²) in [6.45, 7) is 6.71. The van der Waals surface area contributed by atoms with Gasteiger partial charge in [0.05, 0.1) is 25.6 Å². The van der Waals surface area contributed by atoms with Crippen molar-refractivity contribution in [3.63, 3.8) is 0 Å². The second-order valence-corrected chi connectivity index (χ2v) is 9.15. The van der Waals surface area contributed by atoms with Crippen molar-refractivity contribution in [3.05, 3.63) is 63.8 Å². The van der Waals surface area contributed by atoms with Crippen LogP contribution in [0.25, 0.3) is 10.9 Å². The van der Waals surface area contributed by atoms with Crippen molar-refractivity contribution in [2.24, 2.45) is 4.99 Å². The number of benzene rings is 2. The molecule has 0 radical (unpaired) electrons. The topological polar surface area (TPSA) is 81.8 Å². The van der Waals surface area contributed by atoms with Crippen molar-refractivity contribution in [1.82, 2.24) is 15.6 Å². The molecule has 2 aliphatic rings. The Hall–Kier alpha value is -3.03. The number of H-pyrrole nitrogens is 1. The maximum Gasteiger partial charge on any atom is 0.268 e. The summed E-state index contributed by atoms with van der Waals surface area (Å²) >= 11 is 6.18. The van der Waals surface area contributed by atoms with Crippen LogP contribution < -0.4 is 15.5 Å². The number of nitrogens with one attached hydrogen (secondary N) is 3. The van der Waals surface area contributed by atoms with Gasteiger partial charge in [-0.2, -0.15) is 0 Å². The Balaban J connectivity index is 1.31. The van der Waals surface area contributed by atoms with Crippen LogP contribution in [-0.2, 0) is 17.6 Å². The number of aromatic nitrogens is 1. The van der Waals surface area contributed by atoms with Crippen molar-refractivity contribution in [3.8, 4) is 0 Å². The lowest BCUT2D eigenvalue weighted by molar-refractivity contribution is 0.0949. The van der Waals surface area contributed by atoms with Gasteiger partial charge in [0, 0.05) is 47.8 Å². The zero-order valence-corrected chi connectivity index (χ0v) is 20.1. The first kappa shape index (κ1) is 22.7. The Morgan fingerprint density at radius 1 is 1.24 bits per heavy atom. The van der Waals surface area contributed by atoms with E-state index in [0.717, 1.165) is 62.2 Å². The molecule has 0 unspecified atom stereocenters. The number of morpholine rings is 1. The highest BCUT2D eigenvalue weighted by atomic mass is 35.5. The van der Waals surface area contributed by atoms with E-state index in [1.165, 1.54) is 16.8 Å². The van der Waals surface area contributed by atoms with E-state index in [1.54, 1.807) is 6.34 Å². The number of ether oxygens (including phenoxy) is 1. The standard InChI is InChI=1S/C26H30ClN5O2/c1-2-20-22-13-18(27)4-6-23(22)31-25(20)26(33)29-8-7-17-3-5-19(32-9-11-34-12-10-32)14-21(17)24-15-28-16-30-24/h3-6,13-14,16,24,31H,2,7-12,15H2,1H3,(H,28,30)(H,29,33)/t24-/m1/s1. The van der Waals surface area contributed by atoms with Gasteiger partial charge in [0.15, 0.2) is 0 Å². The highest BCUT2D eigenvalue weighted by Crippen LogP contribution is 2.29. The van der Waals surface area contributed by atoms with Gasteiger partial charge in [0.1, 0.15) is 5.69 Å². The highest BCUT2D eigenvalue weighted by Gasteiger charge is 2.21. The van der Waals surface area contributed by atoms with Gasteiger partial charge in [-0.1, -0.05) is 24.6 Å². The fraction of sp³-hybridized carbons (Fsp3) is 0.385. The number of aliphatic imine (C=N–C) groups is 1. The molecule has 7 nitrogen and oxygen atoms in total. The van der Waals surface area contributed by atoms with Crippen molar-refractivity contribution in [1.29, 1.82) is 0 Å². The van der Waals surface area contributed by atoms with E-state index in [2.05, 4.69) is 50.6 Å². The van der Waals surface area contributed by atoms with E-state index in [1.807, 2.05) is 18.2 Å². The SMILES string of the molecule is CCc1c(C(=O)NCCc2ccc(N3CCOCC3)cc2[C@H]2CNC=N2)[nH]c2ccc(Cl)cc12. The first-order valence-corrected chi connectivity index (χ1v) is 12.3. The molecule has 0 aliphatic carbocycles. The number of rotatable bonds is 7. The van der Waals surface area contributed by atoms with Crippen LogP contribution in [0.5, 0.6) is 0 Å². The molecule has 2 aromatic carbocycles. The quantitative estimate of drug-likeness (QED) is 0.480. The molecule has 5 rings (SSSR count). The summed E-state index contributed by atoms with van der Waals surface area (Å²) in [5.41, 5.74) is 6.18. The van der Waals surface area contributed by atoms with E-state index >= 15 is 0 Å². The third-order valence-electron chi connectivity index (χ3n) is 6.65. The Morgan fingerprint density at radius 2 is 2.09 bits per heavy atom. The molecule has 1 aromatic heterocycles. The van der Waals surface area contributed by atoms with Crippen LogP contribution in [0.1, 0.15) is 40.1 Å². The number of aryl methyl sites for hydroxylation is 1. The smallest absolute Gasteiger partial charge is 0.268 e. The van der Waals surface area contributed by atoms with E-state index in [9.17, 15) is 4.79 Å². The first-order valence-electron chi connectivity index (χ1n) is 11.9. The molecule has 34 heavy (non-hydrogen) atoms. The molecule has 1 amide bonds. The number of nitrogens with zero attached hydrogens (tertiary/aromatic N) is 2. The van der Waals surface area contributed by atoms with Gasteiger partial charge in [-0.25, -0.2) is 0 Å². The maximum absolute atomic E-state index is 13.0. The molecule has 3 N–H and O–H groups in total. The number of carbonyl (C=O) groups is 1. The largest absolute Gasteiger partial charge is 0.378 e. The number of aromatic amines is 1. The molecular formula is C26H30ClN5O2. The first-order chi connectivity index (χ1) is 16.6. The lowest BCUT2D eigenvalue weighted by Gasteiger charge is -2.30. The summed E-state index contributed by atoms with van der Waals surface area (Å²) in [7, 11) is 0. The predicted molar refractivity (Wildman–Crippen MR) is 137 cm³/mol. The Labute approximate surface area is 204 Å². The molecule has 0 saturated carbocycles. The maximum atomic E-state index is 13.0. The zero-order chi connectivity index (χ0) is 23.5. The van der Waals surface area contributed by atoms with Crippen LogP contribution in [-0.4, -0.2) is 56.6 Å². The fourth-order valence-corrected chi connectivity index (χ4v) is 5.04. The van der Waals surface area contributed by atoms with Gasteiger partial charge < -0.3 is 25.3 Å². The molecule has 0 spiro atoms. The van der Waals surface area contributed by atoms with Crippen LogP contribution in [0.2, 0.25) is 5.02 Å².